The Bertz CT molecular complexity index is 738. The minimum absolute atomic E-state index is 0.0207. The highest BCUT2D eigenvalue weighted by molar-refractivity contribution is 7.92. The smallest absolute Gasteiger partial charge is 0.269 e. The van der Waals surface area contributed by atoms with E-state index in [4.69, 9.17) is 0 Å². The van der Waals surface area contributed by atoms with Gasteiger partial charge in [-0.05, 0) is 36.2 Å². The van der Waals surface area contributed by atoms with Crippen LogP contribution >= 0.6 is 0 Å². The number of nitrogens with one attached hydrogen (secondary N) is 1. The van der Waals surface area contributed by atoms with Gasteiger partial charge >= 0.3 is 0 Å². The maximum Gasteiger partial charge on any atom is 0.269 e. The van der Waals surface area contributed by atoms with E-state index in [0.29, 0.717) is 5.69 Å². The molecule has 0 heterocycles. The second-order valence-corrected chi connectivity index (χ2v) is 6.09. The fraction of sp³-hybridized carbons (Fsp3) is 0.143. The number of aryl methyl sites for hydroxylation is 1. The molecule has 2 rings (SSSR count). The third kappa shape index (κ3) is 3.57. The van der Waals surface area contributed by atoms with Gasteiger partial charge in [0.1, 0.15) is 0 Å². The summed E-state index contributed by atoms with van der Waals surface area (Å²) in [6.07, 6.45) is 0.870. The Hall–Kier alpha value is -2.41. The lowest BCUT2D eigenvalue weighted by atomic mass is 10.2. The molecule has 0 fully saturated rings. The van der Waals surface area contributed by atoms with E-state index in [9.17, 15) is 18.5 Å². The van der Waals surface area contributed by atoms with Crippen LogP contribution in [0.15, 0.2) is 53.4 Å². The molecule has 2 aromatic carbocycles. The molecule has 0 atom stereocenters. The lowest BCUT2D eigenvalue weighted by Gasteiger charge is -2.08. The van der Waals surface area contributed by atoms with Crippen LogP contribution in [0.5, 0.6) is 0 Å². The van der Waals surface area contributed by atoms with Crippen LogP contribution in [0, 0.1) is 10.1 Å². The molecule has 2 aromatic rings. The number of rotatable bonds is 5. The number of nitro groups is 1. The predicted octanol–water partition coefficient (Wildman–Crippen LogP) is 2.96. The van der Waals surface area contributed by atoms with Crippen LogP contribution < -0.4 is 4.72 Å². The van der Waals surface area contributed by atoms with Crippen LogP contribution in [0.1, 0.15) is 12.5 Å². The average molecular weight is 306 g/mol. The molecule has 7 heteroatoms. The van der Waals surface area contributed by atoms with Crippen molar-refractivity contribution < 1.29 is 13.3 Å². The first-order valence-corrected chi connectivity index (χ1v) is 7.77. The van der Waals surface area contributed by atoms with E-state index < -0.39 is 14.9 Å². The van der Waals surface area contributed by atoms with Gasteiger partial charge in [-0.3, -0.25) is 14.8 Å². The summed E-state index contributed by atoms with van der Waals surface area (Å²) in [5, 5.41) is 10.6. The van der Waals surface area contributed by atoms with E-state index in [-0.39, 0.29) is 10.6 Å². The van der Waals surface area contributed by atoms with Gasteiger partial charge in [0.15, 0.2) is 0 Å². The van der Waals surface area contributed by atoms with Crippen molar-refractivity contribution in [3.8, 4) is 0 Å². The Balaban J connectivity index is 2.22. The lowest BCUT2D eigenvalue weighted by molar-refractivity contribution is -0.384. The highest BCUT2D eigenvalue weighted by Crippen LogP contribution is 2.19. The average Bonchev–Trinajstić information content (AvgIpc) is 2.48. The molecule has 6 nitrogen and oxygen atoms in total. The van der Waals surface area contributed by atoms with E-state index >= 15 is 0 Å². The molecule has 1 N–H and O–H groups in total. The van der Waals surface area contributed by atoms with Crippen molar-refractivity contribution in [2.24, 2.45) is 0 Å². The van der Waals surface area contributed by atoms with Crippen molar-refractivity contribution in [1.29, 1.82) is 0 Å². The van der Waals surface area contributed by atoms with Crippen molar-refractivity contribution in [3.63, 3.8) is 0 Å². The maximum atomic E-state index is 12.2. The van der Waals surface area contributed by atoms with Crippen molar-refractivity contribution >= 4 is 21.4 Å². The summed E-state index contributed by atoms with van der Waals surface area (Å²) in [4.78, 5) is 9.96. The highest BCUT2D eigenvalue weighted by Gasteiger charge is 2.15. The molecule has 0 aliphatic heterocycles. The van der Waals surface area contributed by atoms with Crippen LogP contribution in [-0.2, 0) is 16.4 Å². The van der Waals surface area contributed by atoms with Gasteiger partial charge in [-0.2, -0.15) is 0 Å². The lowest BCUT2D eigenvalue weighted by Crippen LogP contribution is -2.12. The van der Waals surface area contributed by atoms with E-state index in [1.165, 1.54) is 12.1 Å². The molecule has 0 saturated heterocycles. The van der Waals surface area contributed by atoms with Gasteiger partial charge in [0.25, 0.3) is 15.7 Å². The Kier molecular flexibility index (Phi) is 4.23. The van der Waals surface area contributed by atoms with Gasteiger partial charge < -0.3 is 0 Å². The van der Waals surface area contributed by atoms with Crippen LogP contribution in [0.4, 0.5) is 11.4 Å². The van der Waals surface area contributed by atoms with Gasteiger partial charge in [0.2, 0.25) is 0 Å². The minimum atomic E-state index is -3.75. The monoisotopic (exact) mass is 306 g/mol. The second kappa shape index (κ2) is 5.92. The standard InChI is InChI=1S/C14H14N2O4S/c1-2-11-3-5-12(6-4-11)15-21(19,20)14-9-7-13(8-10-14)16(17)18/h3-10,15H,2H2,1H3. The number of non-ortho nitro benzene ring substituents is 1. The number of anilines is 1. The van der Waals surface area contributed by atoms with Crippen LogP contribution in [0.2, 0.25) is 0 Å². The Labute approximate surface area is 122 Å². The predicted molar refractivity (Wildman–Crippen MR) is 79.7 cm³/mol. The largest absolute Gasteiger partial charge is 0.280 e. The van der Waals surface area contributed by atoms with Crippen molar-refractivity contribution in [2.75, 3.05) is 4.72 Å². The second-order valence-electron chi connectivity index (χ2n) is 4.41. The van der Waals surface area contributed by atoms with Crippen molar-refractivity contribution in [1.82, 2.24) is 0 Å². The fourth-order valence-electron chi connectivity index (χ4n) is 1.77. The Morgan fingerprint density at radius 1 is 1.05 bits per heavy atom. The number of hydrogen-bond acceptors (Lipinski definition) is 4. The first-order chi connectivity index (χ1) is 9.92. The summed E-state index contributed by atoms with van der Waals surface area (Å²) >= 11 is 0. The molecule has 0 aromatic heterocycles. The van der Waals surface area contributed by atoms with Gasteiger partial charge in [-0.1, -0.05) is 19.1 Å². The van der Waals surface area contributed by atoms with Gasteiger partial charge in [0, 0.05) is 17.8 Å². The van der Waals surface area contributed by atoms with E-state index in [2.05, 4.69) is 4.72 Å². The first-order valence-electron chi connectivity index (χ1n) is 6.28. The molecule has 0 radical (unpaired) electrons. The van der Waals surface area contributed by atoms with Crippen LogP contribution in [-0.4, -0.2) is 13.3 Å². The molecule has 0 spiro atoms. The molecule has 0 unspecified atom stereocenters. The summed E-state index contributed by atoms with van der Waals surface area (Å²) < 4.78 is 26.7. The fourth-order valence-corrected chi connectivity index (χ4v) is 2.83. The number of nitro benzene ring substituents is 1. The van der Waals surface area contributed by atoms with E-state index in [1.807, 2.05) is 19.1 Å². The number of hydrogen-bond donors (Lipinski definition) is 1. The molecule has 110 valence electrons. The van der Waals surface area contributed by atoms with Crippen molar-refractivity contribution in [3.05, 3.63) is 64.2 Å². The summed E-state index contributed by atoms with van der Waals surface area (Å²) in [6.45, 7) is 2.01. The normalized spacial score (nSPS) is 11.1. The maximum absolute atomic E-state index is 12.2. The number of nitrogens with zero attached hydrogens (tertiary/aromatic N) is 1. The zero-order valence-corrected chi connectivity index (χ0v) is 12.1. The number of benzene rings is 2. The zero-order valence-electron chi connectivity index (χ0n) is 11.3. The van der Waals surface area contributed by atoms with Crippen LogP contribution in [0.25, 0.3) is 0 Å². The summed E-state index contributed by atoms with van der Waals surface area (Å²) in [7, 11) is -3.75. The minimum Gasteiger partial charge on any atom is -0.280 e. The van der Waals surface area contributed by atoms with E-state index in [1.54, 1.807) is 12.1 Å². The Morgan fingerprint density at radius 2 is 1.62 bits per heavy atom. The van der Waals surface area contributed by atoms with Gasteiger partial charge in [-0.25, -0.2) is 8.42 Å². The third-order valence-electron chi connectivity index (χ3n) is 2.97. The van der Waals surface area contributed by atoms with Crippen LogP contribution in [0.3, 0.4) is 0 Å². The topological polar surface area (TPSA) is 89.3 Å². The quantitative estimate of drug-likeness (QED) is 0.679. The molecule has 0 amide bonds. The SMILES string of the molecule is CCc1ccc(NS(=O)(=O)c2ccc([N+](=O)[O-])cc2)cc1. The zero-order chi connectivity index (χ0) is 15.5. The first kappa shape index (κ1) is 15.0. The molecule has 21 heavy (non-hydrogen) atoms. The summed E-state index contributed by atoms with van der Waals surface area (Å²) in [5.41, 5.74) is 1.40. The molecule has 0 saturated carbocycles. The molecule has 0 bridgehead atoms. The van der Waals surface area contributed by atoms with Crippen molar-refractivity contribution in [2.45, 2.75) is 18.2 Å². The molecule has 0 aliphatic rings. The summed E-state index contributed by atoms with van der Waals surface area (Å²) in [5.74, 6) is 0. The van der Waals surface area contributed by atoms with E-state index in [0.717, 1.165) is 24.1 Å². The molecular weight excluding hydrogens is 292 g/mol. The molecular formula is C14H14N2O4S. The third-order valence-corrected chi connectivity index (χ3v) is 4.37. The highest BCUT2D eigenvalue weighted by atomic mass is 32.2. The number of sulfonamides is 1. The Morgan fingerprint density at radius 3 is 2.10 bits per heavy atom. The summed E-state index contributed by atoms with van der Waals surface area (Å²) in [6, 6.07) is 11.8. The van der Waals surface area contributed by atoms with Gasteiger partial charge in [-0.15, -0.1) is 0 Å². The van der Waals surface area contributed by atoms with Gasteiger partial charge in [0.05, 0.1) is 9.82 Å². The molecule has 0 aliphatic carbocycles.